The minimum Gasteiger partial charge on any atom is -0.748 e. The van der Waals surface area contributed by atoms with E-state index < -0.39 is 10.1 Å². The lowest BCUT2D eigenvalue weighted by molar-refractivity contribution is -0.674. The molecule has 7 heteroatoms. The van der Waals surface area contributed by atoms with Gasteiger partial charge in [0.1, 0.15) is 6.54 Å². The molecule has 32 heavy (non-hydrogen) atoms. The van der Waals surface area contributed by atoms with Gasteiger partial charge in [0.05, 0.1) is 16.2 Å². The molecular formula is C25H28N2O4S. The molecule has 0 N–H and O–H groups in total. The fourth-order valence-electron chi connectivity index (χ4n) is 4.51. The minimum atomic E-state index is -4.24. The zero-order chi connectivity index (χ0) is 22.9. The molecule has 3 aromatic rings. The maximum Gasteiger partial charge on any atom is 0.374 e. The van der Waals surface area contributed by atoms with Crippen molar-refractivity contribution >= 4 is 33.0 Å². The summed E-state index contributed by atoms with van der Waals surface area (Å²) in [6.07, 6.45) is 6.26. The molecule has 1 aliphatic rings. The molecule has 0 fully saturated rings. The fraction of sp³-hybridized carbons (Fsp3) is 0.320. The molecule has 0 radical (unpaired) electrons. The van der Waals surface area contributed by atoms with E-state index in [2.05, 4.69) is 42.4 Å². The molecule has 0 saturated heterocycles. The molecular weight excluding hydrogens is 424 g/mol. The average molecular weight is 453 g/mol. The summed E-state index contributed by atoms with van der Waals surface area (Å²) >= 11 is 0. The van der Waals surface area contributed by atoms with Crippen LogP contribution in [0.2, 0.25) is 0 Å². The number of oxazole rings is 1. The highest BCUT2D eigenvalue weighted by atomic mass is 32.2. The van der Waals surface area contributed by atoms with E-state index in [9.17, 15) is 13.0 Å². The molecule has 168 valence electrons. The number of aromatic nitrogens is 1. The molecule has 2 heterocycles. The Hall–Kier alpha value is -2.90. The predicted molar refractivity (Wildman–Crippen MR) is 125 cm³/mol. The highest BCUT2D eigenvalue weighted by molar-refractivity contribution is 7.85. The summed E-state index contributed by atoms with van der Waals surface area (Å²) in [7, 11) is -4.24. The van der Waals surface area contributed by atoms with Crippen LogP contribution in [0.3, 0.4) is 0 Å². The van der Waals surface area contributed by atoms with Crippen molar-refractivity contribution in [3.8, 4) is 0 Å². The number of allylic oxidation sites excluding steroid dienone is 3. The molecule has 0 spiro atoms. The highest BCUT2D eigenvalue weighted by Gasteiger charge is 2.39. The van der Waals surface area contributed by atoms with Crippen LogP contribution in [0.5, 0.6) is 0 Å². The smallest absolute Gasteiger partial charge is 0.374 e. The van der Waals surface area contributed by atoms with Crippen molar-refractivity contribution in [2.24, 2.45) is 0 Å². The lowest BCUT2D eigenvalue weighted by atomic mass is 9.84. The summed E-state index contributed by atoms with van der Waals surface area (Å²) < 4.78 is 41.5. The van der Waals surface area contributed by atoms with E-state index in [0.29, 0.717) is 6.54 Å². The van der Waals surface area contributed by atoms with Gasteiger partial charge in [0.15, 0.2) is 0 Å². The first kappa shape index (κ1) is 22.3. The molecule has 0 aliphatic carbocycles. The molecule has 4 rings (SSSR count). The number of para-hydroxylation sites is 3. The molecule has 0 amide bonds. The van der Waals surface area contributed by atoms with E-state index >= 15 is 0 Å². The minimum absolute atomic E-state index is 0.258. The van der Waals surface area contributed by atoms with Gasteiger partial charge in [-0.25, -0.2) is 8.42 Å². The Bertz CT molecular complexity index is 1300. The van der Waals surface area contributed by atoms with Crippen molar-refractivity contribution in [1.29, 1.82) is 0 Å². The quantitative estimate of drug-likeness (QED) is 0.393. The van der Waals surface area contributed by atoms with Crippen LogP contribution in [0.1, 0.15) is 38.6 Å². The normalized spacial score (nSPS) is 17.0. The van der Waals surface area contributed by atoms with Gasteiger partial charge in [-0.2, -0.15) is 4.57 Å². The predicted octanol–water partition coefficient (Wildman–Crippen LogP) is 4.37. The first-order valence-electron chi connectivity index (χ1n) is 10.8. The zero-order valence-corrected chi connectivity index (χ0v) is 19.4. The summed E-state index contributed by atoms with van der Waals surface area (Å²) in [5, 5.41) is 0. The summed E-state index contributed by atoms with van der Waals surface area (Å²) in [6.45, 7) is 7.65. The third kappa shape index (κ3) is 4.23. The summed E-state index contributed by atoms with van der Waals surface area (Å²) in [4.78, 5) is 2.12. The lowest BCUT2D eigenvalue weighted by Crippen LogP contribution is -2.33. The van der Waals surface area contributed by atoms with E-state index in [1.165, 1.54) is 5.56 Å². The number of fused-ring (bicyclic) bond motifs is 2. The number of benzene rings is 2. The number of hydrogen-bond acceptors (Lipinski definition) is 5. The van der Waals surface area contributed by atoms with Crippen molar-refractivity contribution in [2.75, 3.05) is 17.2 Å². The van der Waals surface area contributed by atoms with E-state index in [0.717, 1.165) is 34.9 Å². The monoisotopic (exact) mass is 452 g/mol. The van der Waals surface area contributed by atoms with E-state index in [4.69, 9.17) is 4.42 Å². The highest BCUT2D eigenvalue weighted by Crippen LogP contribution is 2.47. The van der Waals surface area contributed by atoms with E-state index in [-0.39, 0.29) is 17.6 Å². The van der Waals surface area contributed by atoms with Gasteiger partial charge in [0, 0.05) is 35.2 Å². The van der Waals surface area contributed by atoms with E-state index in [1.54, 1.807) is 0 Å². The fourth-order valence-corrected chi connectivity index (χ4v) is 4.99. The maximum absolute atomic E-state index is 11.1. The number of rotatable bonds is 7. The number of hydrogen-bond donors (Lipinski definition) is 0. The van der Waals surface area contributed by atoms with Crippen LogP contribution in [-0.4, -0.2) is 25.3 Å². The van der Waals surface area contributed by atoms with Crippen LogP contribution in [0.15, 0.2) is 70.8 Å². The first-order chi connectivity index (χ1) is 15.2. The second kappa shape index (κ2) is 8.56. The van der Waals surface area contributed by atoms with Crippen molar-refractivity contribution in [2.45, 2.75) is 39.2 Å². The Kier molecular flexibility index (Phi) is 5.97. The second-order valence-corrected chi connectivity index (χ2v) is 10.00. The molecule has 0 unspecified atom stereocenters. The number of anilines is 1. The Morgan fingerprint density at radius 1 is 1.12 bits per heavy atom. The zero-order valence-electron chi connectivity index (χ0n) is 18.6. The number of nitrogens with zero attached hydrogens (tertiary/aromatic N) is 2. The van der Waals surface area contributed by atoms with Crippen LogP contribution in [0.4, 0.5) is 5.69 Å². The van der Waals surface area contributed by atoms with Crippen LogP contribution in [0, 0.1) is 0 Å². The third-order valence-corrected chi connectivity index (χ3v) is 6.81. The van der Waals surface area contributed by atoms with E-state index in [1.807, 2.05) is 54.6 Å². The van der Waals surface area contributed by atoms with Crippen molar-refractivity contribution in [3.05, 3.63) is 77.8 Å². The lowest BCUT2D eigenvalue weighted by Gasteiger charge is -2.27. The molecule has 0 bridgehead atoms. The maximum atomic E-state index is 11.1. The Labute approximate surface area is 189 Å². The standard InChI is InChI=1S/C25H28N2O4S/c1-4-26-21-13-7-8-14-22(21)31-24(26)16-9-15-23-25(2,3)19-11-5-6-12-20(19)27(23)17-10-18-32(28,29)30/h5-9,11-16H,4,10,17-18H2,1-3H3. The Morgan fingerprint density at radius 2 is 1.84 bits per heavy atom. The van der Waals surface area contributed by atoms with Gasteiger partial charge in [-0.3, -0.25) is 0 Å². The average Bonchev–Trinajstić information content (AvgIpc) is 3.20. The van der Waals surface area contributed by atoms with Crippen molar-refractivity contribution < 1.29 is 22.0 Å². The largest absolute Gasteiger partial charge is 0.748 e. The van der Waals surface area contributed by atoms with Crippen LogP contribution in [-0.2, 0) is 22.1 Å². The van der Waals surface area contributed by atoms with Gasteiger partial charge < -0.3 is 13.9 Å². The van der Waals surface area contributed by atoms with Crippen LogP contribution < -0.4 is 9.47 Å². The first-order valence-corrected chi connectivity index (χ1v) is 12.4. The van der Waals surface area contributed by atoms with Gasteiger partial charge in [-0.05, 0) is 37.1 Å². The molecule has 6 nitrogen and oxygen atoms in total. The Morgan fingerprint density at radius 3 is 2.59 bits per heavy atom. The topological polar surface area (TPSA) is 77.5 Å². The summed E-state index contributed by atoms with van der Waals surface area (Å²) in [6, 6.07) is 16.1. The van der Waals surface area contributed by atoms with Gasteiger partial charge >= 0.3 is 5.89 Å². The second-order valence-electron chi connectivity index (χ2n) is 8.47. The summed E-state index contributed by atoms with van der Waals surface area (Å²) in [5.74, 6) is 0.396. The molecule has 1 aliphatic heterocycles. The van der Waals surface area contributed by atoms with Gasteiger partial charge in [-0.1, -0.05) is 50.3 Å². The third-order valence-electron chi connectivity index (χ3n) is 6.02. The van der Waals surface area contributed by atoms with Crippen molar-refractivity contribution in [1.82, 2.24) is 0 Å². The van der Waals surface area contributed by atoms with Gasteiger partial charge in [0.25, 0.3) is 5.52 Å². The van der Waals surface area contributed by atoms with Crippen LogP contribution in [0.25, 0.3) is 17.2 Å². The molecule has 1 aromatic heterocycles. The molecule has 0 atom stereocenters. The van der Waals surface area contributed by atoms with Gasteiger partial charge in [0.2, 0.25) is 5.58 Å². The molecule has 0 saturated carbocycles. The summed E-state index contributed by atoms with van der Waals surface area (Å²) in [5.41, 5.74) is 4.92. The molecule has 2 aromatic carbocycles. The number of aryl methyl sites for hydroxylation is 1. The van der Waals surface area contributed by atoms with Crippen LogP contribution >= 0.6 is 0 Å². The van der Waals surface area contributed by atoms with Crippen molar-refractivity contribution in [3.63, 3.8) is 0 Å². The van der Waals surface area contributed by atoms with Gasteiger partial charge in [-0.15, -0.1) is 0 Å². The SMILES string of the molecule is CC[n+]1c(/C=C/C=C2/N(CCCS(=O)(=O)[O-])c3ccccc3C2(C)C)oc2ccccc21. The Balaban J connectivity index is 1.68.